The van der Waals surface area contributed by atoms with Crippen LogP contribution >= 0.6 is 0 Å². The van der Waals surface area contributed by atoms with E-state index in [0.29, 0.717) is 32.4 Å². The lowest BCUT2D eigenvalue weighted by Crippen LogP contribution is -2.58. The highest BCUT2D eigenvalue weighted by Crippen LogP contribution is 2.26. The molecule has 0 radical (unpaired) electrons. The first-order valence-electron chi connectivity index (χ1n) is 10.6. The Morgan fingerprint density at radius 3 is 2.29 bits per heavy atom. The molecule has 2 aliphatic heterocycles. The van der Waals surface area contributed by atoms with Crippen LogP contribution in [0.25, 0.3) is 0 Å². The topological polar surface area (TPSA) is 103 Å². The molecule has 2 aromatic carbocycles. The van der Waals surface area contributed by atoms with Gasteiger partial charge in [-0.15, -0.1) is 0 Å². The van der Waals surface area contributed by atoms with Gasteiger partial charge >= 0.3 is 6.03 Å². The molecule has 8 nitrogen and oxygen atoms in total. The molecule has 3 unspecified atom stereocenters. The van der Waals surface area contributed by atoms with Crippen LogP contribution in [-0.2, 0) is 9.59 Å². The number of amides is 4. The number of nitrogens with one attached hydrogen (secondary N) is 4. The zero-order valence-corrected chi connectivity index (χ0v) is 17.2. The normalized spacial score (nSPS) is 22.8. The van der Waals surface area contributed by atoms with Gasteiger partial charge in [-0.3, -0.25) is 14.5 Å². The van der Waals surface area contributed by atoms with Gasteiger partial charge in [-0.25, -0.2) is 4.79 Å². The Hall–Kier alpha value is -3.39. The molecule has 0 aromatic heterocycles. The third-order valence-corrected chi connectivity index (χ3v) is 5.75. The van der Waals surface area contributed by atoms with Crippen molar-refractivity contribution >= 4 is 29.2 Å². The van der Waals surface area contributed by atoms with E-state index in [1.807, 2.05) is 60.7 Å². The van der Waals surface area contributed by atoms with E-state index in [4.69, 9.17) is 0 Å². The van der Waals surface area contributed by atoms with Gasteiger partial charge in [0, 0.05) is 43.0 Å². The quantitative estimate of drug-likeness (QED) is 0.574. The smallest absolute Gasteiger partial charge is 0.319 e. The fourth-order valence-corrected chi connectivity index (χ4v) is 4.27. The Kier molecular flexibility index (Phi) is 6.47. The lowest BCUT2D eigenvalue weighted by atomic mass is 10.0. The molecule has 0 aliphatic carbocycles. The minimum Gasteiger partial charge on any atom is -0.353 e. The van der Waals surface area contributed by atoms with Gasteiger partial charge in [-0.05, 0) is 37.1 Å². The summed E-state index contributed by atoms with van der Waals surface area (Å²) in [4.78, 5) is 39.1. The first-order chi connectivity index (χ1) is 15.1. The molecule has 4 N–H and O–H groups in total. The molecule has 162 valence electrons. The van der Waals surface area contributed by atoms with Crippen LogP contribution in [0.15, 0.2) is 60.7 Å². The monoisotopic (exact) mass is 421 g/mol. The molecule has 2 fully saturated rings. The average molecular weight is 422 g/mol. The van der Waals surface area contributed by atoms with Crippen LogP contribution in [0, 0.1) is 0 Å². The van der Waals surface area contributed by atoms with E-state index in [1.54, 1.807) is 0 Å². The first kappa shape index (κ1) is 20.9. The Balaban J connectivity index is 1.29. The highest BCUT2D eigenvalue weighted by Gasteiger charge is 2.43. The summed E-state index contributed by atoms with van der Waals surface area (Å²) < 4.78 is 0. The van der Waals surface area contributed by atoms with Crippen molar-refractivity contribution in [1.82, 2.24) is 15.5 Å². The second-order valence-corrected chi connectivity index (χ2v) is 7.96. The molecular formula is C23H27N5O3. The number of urea groups is 1. The van der Waals surface area contributed by atoms with Crippen molar-refractivity contribution in [1.29, 1.82) is 0 Å². The van der Waals surface area contributed by atoms with Gasteiger partial charge in [0.05, 0.1) is 6.04 Å². The summed E-state index contributed by atoms with van der Waals surface area (Å²) in [6.07, 6.45) is 1.56. The third-order valence-electron chi connectivity index (χ3n) is 5.75. The van der Waals surface area contributed by atoms with Gasteiger partial charge in [0.25, 0.3) is 0 Å². The lowest BCUT2D eigenvalue weighted by Gasteiger charge is -2.37. The summed E-state index contributed by atoms with van der Waals surface area (Å²) in [5.74, 6) is -0.0616. The number of rotatable bonds is 6. The number of benzene rings is 2. The Labute approximate surface area is 181 Å². The number of fused-ring (bicyclic) bond motifs is 1. The minimum atomic E-state index is -0.282. The number of carbonyl (C=O) groups excluding carboxylic acids is 3. The van der Waals surface area contributed by atoms with E-state index in [-0.39, 0.29) is 36.0 Å². The molecule has 2 saturated heterocycles. The maximum atomic E-state index is 12.4. The molecular weight excluding hydrogens is 394 g/mol. The van der Waals surface area contributed by atoms with Crippen LogP contribution in [-0.4, -0.2) is 54.0 Å². The molecule has 4 rings (SSSR count). The van der Waals surface area contributed by atoms with Crippen LogP contribution < -0.4 is 21.3 Å². The third kappa shape index (κ3) is 5.40. The van der Waals surface area contributed by atoms with Gasteiger partial charge in [-0.1, -0.05) is 36.4 Å². The van der Waals surface area contributed by atoms with Gasteiger partial charge in [0.1, 0.15) is 0 Å². The zero-order valence-electron chi connectivity index (χ0n) is 17.2. The number of hydrogen-bond donors (Lipinski definition) is 4. The van der Waals surface area contributed by atoms with Gasteiger partial charge in [0.2, 0.25) is 11.8 Å². The fourth-order valence-electron chi connectivity index (χ4n) is 4.27. The van der Waals surface area contributed by atoms with Crippen molar-refractivity contribution in [3.8, 4) is 0 Å². The SMILES string of the molecule is O=C(CCC1CNC(=O)C2CC(NC(=O)Nc3ccccc3)CN12)Nc1ccccc1. The molecule has 3 atom stereocenters. The molecule has 2 heterocycles. The van der Waals surface area contributed by atoms with Crippen LogP contribution in [0.2, 0.25) is 0 Å². The van der Waals surface area contributed by atoms with Gasteiger partial charge < -0.3 is 21.3 Å². The molecule has 31 heavy (non-hydrogen) atoms. The highest BCUT2D eigenvalue weighted by atomic mass is 16.2. The number of piperazine rings is 1. The van der Waals surface area contributed by atoms with Crippen molar-refractivity contribution < 1.29 is 14.4 Å². The van der Waals surface area contributed by atoms with Crippen LogP contribution in [0.3, 0.4) is 0 Å². The molecule has 0 bridgehead atoms. The van der Waals surface area contributed by atoms with Crippen molar-refractivity contribution in [2.75, 3.05) is 23.7 Å². The average Bonchev–Trinajstić information content (AvgIpc) is 3.19. The second-order valence-electron chi connectivity index (χ2n) is 7.96. The van der Waals surface area contributed by atoms with E-state index >= 15 is 0 Å². The van der Waals surface area contributed by atoms with Crippen LogP contribution in [0.5, 0.6) is 0 Å². The summed E-state index contributed by atoms with van der Waals surface area (Å²) in [7, 11) is 0. The van der Waals surface area contributed by atoms with E-state index in [1.165, 1.54) is 0 Å². The van der Waals surface area contributed by atoms with E-state index in [9.17, 15) is 14.4 Å². The maximum Gasteiger partial charge on any atom is 0.319 e. The minimum absolute atomic E-state index is 0.0160. The standard InChI is InChI=1S/C23H27N5O3/c29-21(25-16-7-3-1-4-8-16)12-11-19-14-24-22(30)20-13-18(15-28(19)20)27-23(31)26-17-9-5-2-6-10-17/h1-10,18-20H,11-15H2,(H,24,30)(H,25,29)(H2,26,27,31). The molecule has 0 spiro atoms. The summed E-state index contributed by atoms with van der Waals surface area (Å²) in [6, 6.07) is 18.0. The number of nitrogens with zero attached hydrogens (tertiary/aromatic N) is 1. The number of para-hydroxylation sites is 2. The van der Waals surface area contributed by atoms with E-state index in [0.717, 1.165) is 11.4 Å². The maximum absolute atomic E-state index is 12.4. The van der Waals surface area contributed by atoms with E-state index < -0.39 is 0 Å². The molecule has 8 heteroatoms. The Morgan fingerprint density at radius 1 is 0.968 bits per heavy atom. The summed E-state index contributed by atoms with van der Waals surface area (Å²) in [5.41, 5.74) is 1.49. The van der Waals surface area contributed by atoms with Crippen LogP contribution in [0.4, 0.5) is 16.2 Å². The van der Waals surface area contributed by atoms with Gasteiger partial charge in [0.15, 0.2) is 0 Å². The Morgan fingerprint density at radius 2 is 1.61 bits per heavy atom. The largest absolute Gasteiger partial charge is 0.353 e. The lowest BCUT2D eigenvalue weighted by molar-refractivity contribution is -0.129. The number of anilines is 2. The number of carbonyl (C=O) groups is 3. The summed E-state index contributed by atoms with van der Waals surface area (Å²) in [5, 5.41) is 11.6. The molecule has 2 aromatic rings. The van der Waals surface area contributed by atoms with Crippen molar-refractivity contribution in [3.05, 3.63) is 60.7 Å². The highest BCUT2D eigenvalue weighted by molar-refractivity contribution is 5.91. The summed E-state index contributed by atoms with van der Waals surface area (Å²) in [6.45, 7) is 1.10. The predicted molar refractivity (Wildman–Crippen MR) is 119 cm³/mol. The Bertz CT molecular complexity index is 921. The predicted octanol–water partition coefficient (Wildman–Crippen LogP) is 2.17. The van der Waals surface area contributed by atoms with Crippen molar-refractivity contribution in [2.24, 2.45) is 0 Å². The van der Waals surface area contributed by atoms with Gasteiger partial charge in [-0.2, -0.15) is 0 Å². The molecule has 2 aliphatic rings. The second kappa shape index (κ2) is 9.61. The van der Waals surface area contributed by atoms with Crippen molar-refractivity contribution in [3.63, 3.8) is 0 Å². The fraction of sp³-hybridized carbons (Fsp3) is 0.348. The van der Waals surface area contributed by atoms with Crippen molar-refractivity contribution in [2.45, 2.75) is 37.4 Å². The summed E-state index contributed by atoms with van der Waals surface area (Å²) >= 11 is 0. The number of hydrogen-bond acceptors (Lipinski definition) is 4. The first-order valence-corrected chi connectivity index (χ1v) is 10.6. The van der Waals surface area contributed by atoms with Crippen LogP contribution in [0.1, 0.15) is 19.3 Å². The zero-order chi connectivity index (χ0) is 21.6. The molecule has 4 amide bonds. The van der Waals surface area contributed by atoms with E-state index in [2.05, 4.69) is 26.2 Å². The molecule has 0 saturated carbocycles.